The number of benzene rings is 2. The largest absolute Gasteiger partial charge is 0.489 e. The number of ether oxygens (including phenoxy) is 1. The van der Waals surface area contributed by atoms with E-state index in [1.807, 2.05) is 30.8 Å². The van der Waals surface area contributed by atoms with Crippen LogP contribution in [0.4, 0.5) is 4.39 Å². The summed E-state index contributed by atoms with van der Waals surface area (Å²) >= 11 is 2.01. The Morgan fingerprint density at radius 2 is 2.00 bits per heavy atom. The van der Waals surface area contributed by atoms with E-state index in [0.717, 1.165) is 25.4 Å². The van der Waals surface area contributed by atoms with Crippen molar-refractivity contribution in [1.82, 2.24) is 10.2 Å². The second kappa shape index (κ2) is 9.76. The summed E-state index contributed by atoms with van der Waals surface area (Å²) < 4.78 is 19.2. The third kappa shape index (κ3) is 6.26. The Balaban J connectivity index is 1.49. The minimum Gasteiger partial charge on any atom is -0.489 e. The first kappa shape index (κ1) is 19.7. The minimum absolute atomic E-state index is 0.191. The molecule has 144 valence electrons. The van der Waals surface area contributed by atoms with Crippen LogP contribution in [0, 0.1) is 5.82 Å². The number of carbonyl (C=O) groups excluding carboxylic acids is 1. The molecule has 0 aliphatic carbocycles. The molecule has 6 heteroatoms. The summed E-state index contributed by atoms with van der Waals surface area (Å²) in [4.78, 5) is 14.5. The number of nitrogens with zero attached hydrogens (tertiary/aromatic N) is 1. The van der Waals surface area contributed by atoms with Crippen LogP contribution in [-0.2, 0) is 6.54 Å². The lowest BCUT2D eigenvalue weighted by atomic mass is 10.2. The Kier molecular flexibility index (Phi) is 7.12. The molecular weight excluding hydrogens is 363 g/mol. The van der Waals surface area contributed by atoms with E-state index in [0.29, 0.717) is 12.1 Å². The van der Waals surface area contributed by atoms with Gasteiger partial charge in [0, 0.05) is 36.7 Å². The normalized spacial score (nSPS) is 15.9. The third-order valence-electron chi connectivity index (χ3n) is 4.38. The van der Waals surface area contributed by atoms with E-state index in [4.69, 9.17) is 4.74 Å². The van der Waals surface area contributed by atoms with Gasteiger partial charge in [0.15, 0.2) is 0 Å². The number of halogens is 1. The maximum Gasteiger partial charge on any atom is 0.251 e. The molecule has 0 saturated carbocycles. The fraction of sp³-hybridized carbons (Fsp3) is 0.381. The van der Waals surface area contributed by atoms with Crippen LogP contribution in [0.25, 0.3) is 0 Å². The van der Waals surface area contributed by atoms with Crippen LogP contribution in [0.2, 0.25) is 0 Å². The average Bonchev–Trinajstić information content (AvgIpc) is 2.67. The van der Waals surface area contributed by atoms with Gasteiger partial charge < -0.3 is 10.1 Å². The smallest absolute Gasteiger partial charge is 0.251 e. The highest BCUT2D eigenvalue weighted by atomic mass is 32.2. The van der Waals surface area contributed by atoms with Gasteiger partial charge in [0.25, 0.3) is 5.91 Å². The fourth-order valence-electron chi connectivity index (χ4n) is 2.98. The van der Waals surface area contributed by atoms with Gasteiger partial charge in [0.1, 0.15) is 17.7 Å². The van der Waals surface area contributed by atoms with Crippen LogP contribution < -0.4 is 10.1 Å². The van der Waals surface area contributed by atoms with Gasteiger partial charge in [-0.1, -0.05) is 18.2 Å². The van der Waals surface area contributed by atoms with Crippen molar-refractivity contribution in [2.75, 3.05) is 31.1 Å². The number of rotatable bonds is 7. The zero-order valence-corrected chi connectivity index (χ0v) is 16.3. The molecule has 1 aliphatic heterocycles. The van der Waals surface area contributed by atoms with Crippen LogP contribution in [-0.4, -0.2) is 48.1 Å². The number of nitrogens with one attached hydrogen (secondary N) is 1. The van der Waals surface area contributed by atoms with Gasteiger partial charge in [0.05, 0.1) is 6.54 Å². The molecule has 27 heavy (non-hydrogen) atoms. The Bertz CT molecular complexity index is 765. The molecule has 3 rings (SSSR count). The lowest BCUT2D eigenvalue weighted by Crippen LogP contribution is -2.33. The number of carbonyl (C=O) groups is 1. The van der Waals surface area contributed by atoms with Gasteiger partial charge in [-0.3, -0.25) is 9.69 Å². The Morgan fingerprint density at radius 1 is 1.22 bits per heavy atom. The highest BCUT2D eigenvalue weighted by molar-refractivity contribution is 7.99. The first-order chi connectivity index (χ1) is 13.1. The van der Waals surface area contributed by atoms with Gasteiger partial charge in [0.2, 0.25) is 0 Å². The van der Waals surface area contributed by atoms with Crippen molar-refractivity contribution in [3.05, 3.63) is 65.5 Å². The van der Waals surface area contributed by atoms with Gasteiger partial charge in [-0.25, -0.2) is 4.39 Å². The van der Waals surface area contributed by atoms with Crippen molar-refractivity contribution in [3.8, 4) is 5.75 Å². The van der Waals surface area contributed by atoms with Gasteiger partial charge in [-0.15, -0.1) is 0 Å². The van der Waals surface area contributed by atoms with E-state index in [2.05, 4.69) is 22.3 Å². The average molecular weight is 389 g/mol. The van der Waals surface area contributed by atoms with Crippen molar-refractivity contribution in [2.24, 2.45) is 0 Å². The predicted octanol–water partition coefficient (Wildman–Crippen LogP) is 3.57. The first-order valence-electron chi connectivity index (χ1n) is 9.19. The number of hydrogen-bond donors (Lipinski definition) is 1. The van der Waals surface area contributed by atoms with E-state index in [-0.39, 0.29) is 12.0 Å². The molecule has 1 fully saturated rings. The molecule has 4 nitrogen and oxygen atoms in total. The quantitative estimate of drug-likeness (QED) is 0.787. The number of amides is 1. The summed E-state index contributed by atoms with van der Waals surface area (Å²) in [5.41, 5.74) is 1.54. The zero-order chi connectivity index (χ0) is 19.1. The molecule has 0 unspecified atom stereocenters. The minimum atomic E-state index is -0.420. The molecule has 1 N–H and O–H groups in total. The van der Waals surface area contributed by atoms with Crippen LogP contribution in [0.1, 0.15) is 22.8 Å². The fourth-order valence-corrected chi connectivity index (χ4v) is 3.96. The summed E-state index contributed by atoms with van der Waals surface area (Å²) in [6.45, 7) is 5.43. The molecule has 1 aliphatic rings. The highest BCUT2D eigenvalue weighted by Gasteiger charge is 2.12. The van der Waals surface area contributed by atoms with Gasteiger partial charge in [-0.05, 0) is 42.8 Å². The molecule has 0 aromatic heterocycles. The molecule has 1 heterocycles. The molecule has 0 spiro atoms. The molecule has 1 saturated heterocycles. The Hall–Kier alpha value is -2.05. The summed E-state index contributed by atoms with van der Waals surface area (Å²) in [6.07, 6.45) is -0.191. The molecule has 2 aromatic rings. The van der Waals surface area contributed by atoms with Gasteiger partial charge >= 0.3 is 0 Å². The maximum absolute atomic E-state index is 13.2. The van der Waals surface area contributed by atoms with Crippen LogP contribution >= 0.6 is 11.8 Å². The standard InChI is InChI=1S/C21H25FN2O2S/c1-16(14-23-21(25)18-5-3-6-19(22)13-18)26-20-7-2-4-17(12-20)15-24-8-10-27-11-9-24/h2-7,12-13,16H,8-11,14-15H2,1H3,(H,23,25)/t16-/m0/s1. The van der Waals surface area contributed by atoms with Crippen molar-refractivity contribution in [1.29, 1.82) is 0 Å². The SMILES string of the molecule is C[C@@H](CNC(=O)c1cccc(F)c1)Oc1cccc(CN2CCSCC2)c1. The van der Waals surface area contributed by atoms with Gasteiger partial charge in [-0.2, -0.15) is 11.8 Å². The summed E-state index contributed by atoms with van der Waals surface area (Å²) in [6, 6.07) is 13.8. The van der Waals surface area contributed by atoms with E-state index in [1.165, 1.54) is 35.3 Å². The number of thioether (sulfide) groups is 1. The van der Waals surface area contributed by atoms with E-state index >= 15 is 0 Å². The number of hydrogen-bond acceptors (Lipinski definition) is 4. The van der Waals surface area contributed by atoms with E-state index in [9.17, 15) is 9.18 Å². The van der Waals surface area contributed by atoms with Crippen LogP contribution in [0.15, 0.2) is 48.5 Å². The Morgan fingerprint density at radius 3 is 2.78 bits per heavy atom. The predicted molar refractivity (Wildman–Crippen MR) is 108 cm³/mol. The summed E-state index contributed by atoms with van der Waals surface area (Å²) in [5.74, 6) is 2.46. The molecule has 0 bridgehead atoms. The van der Waals surface area contributed by atoms with Crippen molar-refractivity contribution >= 4 is 17.7 Å². The molecule has 1 amide bonds. The highest BCUT2D eigenvalue weighted by Crippen LogP contribution is 2.18. The topological polar surface area (TPSA) is 41.6 Å². The lowest BCUT2D eigenvalue weighted by Gasteiger charge is -2.26. The summed E-state index contributed by atoms with van der Waals surface area (Å²) in [5, 5.41) is 2.79. The van der Waals surface area contributed by atoms with Crippen molar-refractivity contribution < 1.29 is 13.9 Å². The maximum atomic E-state index is 13.2. The molecular formula is C21H25FN2O2S. The first-order valence-corrected chi connectivity index (χ1v) is 10.3. The van der Waals surface area contributed by atoms with Crippen molar-refractivity contribution in [3.63, 3.8) is 0 Å². The third-order valence-corrected chi connectivity index (χ3v) is 5.32. The van der Waals surface area contributed by atoms with Crippen LogP contribution in [0.5, 0.6) is 5.75 Å². The lowest BCUT2D eigenvalue weighted by molar-refractivity contribution is 0.0931. The van der Waals surface area contributed by atoms with Crippen molar-refractivity contribution in [2.45, 2.75) is 19.6 Å². The van der Waals surface area contributed by atoms with E-state index < -0.39 is 5.82 Å². The second-order valence-corrected chi connectivity index (χ2v) is 7.91. The summed E-state index contributed by atoms with van der Waals surface area (Å²) in [7, 11) is 0. The van der Waals surface area contributed by atoms with Crippen LogP contribution in [0.3, 0.4) is 0 Å². The monoisotopic (exact) mass is 388 g/mol. The molecule has 2 aromatic carbocycles. The molecule has 1 atom stereocenters. The van der Waals surface area contributed by atoms with E-state index in [1.54, 1.807) is 6.07 Å². The Labute approximate surface area is 164 Å². The zero-order valence-electron chi connectivity index (χ0n) is 15.5. The second-order valence-electron chi connectivity index (χ2n) is 6.68. The molecule has 0 radical (unpaired) electrons.